The van der Waals surface area contributed by atoms with E-state index in [9.17, 15) is 4.79 Å². The van der Waals surface area contributed by atoms with Crippen LogP contribution in [0.2, 0.25) is 0 Å². The number of nitrogens with two attached hydrogens (primary N) is 1. The SMILES string of the molecule is COc1ccccc1CNC(=O)Cc1ccccc1N. The number of carbonyl (C=O) groups is 1. The fraction of sp³-hybridized carbons (Fsp3) is 0.188. The molecule has 4 nitrogen and oxygen atoms in total. The van der Waals surface area contributed by atoms with Crippen molar-refractivity contribution in [2.75, 3.05) is 12.8 Å². The van der Waals surface area contributed by atoms with Gasteiger partial charge >= 0.3 is 0 Å². The topological polar surface area (TPSA) is 64.3 Å². The molecular weight excluding hydrogens is 252 g/mol. The summed E-state index contributed by atoms with van der Waals surface area (Å²) in [6.45, 7) is 0.440. The summed E-state index contributed by atoms with van der Waals surface area (Å²) in [5, 5.41) is 2.87. The Labute approximate surface area is 118 Å². The number of hydrogen-bond acceptors (Lipinski definition) is 3. The zero-order chi connectivity index (χ0) is 14.4. The quantitative estimate of drug-likeness (QED) is 0.818. The van der Waals surface area contributed by atoms with E-state index in [1.165, 1.54) is 0 Å². The van der Waals surface area contributed by atoms with E-state index < -0.39 is 0 Å². The number of hydrogen-bond donors (Lipinski definition) is 2. The second kappa shape index (κ2) is 6.61. The predicted octanol–water partition coefficient (Wildman–Crippen LogP) is 2.14. The summed E-state index contributed by atoms with van der Waals surface area (Å²) >= 11 is 0. The van der Waals surface area contributed by atoms with E-state index in [4.69, 9.17) is 10.5 Å². The summed E-state index contributed by atoms with van der Waals surface area (Å²) in [6, 6.07) is 15.0. The largest absolute Gasteiger partial charge is 0.496 e. The summed E-state index contributed by atoms with van der Waals surface area (Å²) in [7, 11) is 1.62. The van der Waals surface area contributed by atoms with Gasteiger partial charge in [-0.3, -0.25) is 4.79 Å². The molecule has 2 aromatic carbocycles. The molecule has 0 aliphatic heterocycles. The summed E-state index contributed by atoms with van der Waals surface area (Å²) < 4.78 is 5.24. The lowest BCUT2D eigenvalue weighted by Gasteiger charge is -2.10. The van der Waals surface area contributed by atoms with E-state index in [0.29, 0.717) is 12.2 Å². The van der Waals surface area contributed by atoms with E-state index in [0.717, 1.165) is 16.9 Å². The van der Waals surface area contributed by atoms with E-state index in [2.05, 4.69) is 5.32 Å². The zero-order valence-electron chi connectivity index (χ0n) is 11.4. The van der Waals surface area contributed by atoms with Crippen LogP contribution in [0, 0.1) is 0 Å². The summed E-state index contributed by atoms with van der Waals surface area (Å²) in [5.74, 6) is 0.709. The first-order valence-electron chi connectivity index (χ1n) is 6.42. The molecule has 0 aliphatic carbocycles. The maximum absolute atomic E-state index is 11.9. The van der Waals surface area contributed by atoms with Gasteiger partial charge in [-0.2, -0.15) is 0 Å². The summed E-state index contributed by atoms with van der Waals surface area (Å²) in [4.78, 5) is 11.9. The second-order valence-corrected chi connectivity index (χ2v) is 4.46. The molecule has 0 aliphatic rings. The molecule has 0 spiro atoms. The molecule has 0 bridgehead atoms. The van der Waals surface area contributed by atoms with Crippen molar-refractivity contribution in [3.05, 3.63) is 59.7 Å². The number of para-hydroxylation sites is 2. The molecule has 104 valence electrons. The highest BCUT2D eigenvalue weighted by Gasteiger charge is 2.07. The fourth-order valence-corrected chi connectivity index (χ4v) is 1.97. The van der Waals surface area contributed by atoms with Gasteiger partial charge in [0.05, 0.1) is 13.5 Å². The minimum Gasteiger partial charge on any atom is -0.496 e. The van der Waals surface area contributed by atoms with Gasteiger partial charge in [0.15, 0.2) is 0 Å². The van der Waals surface area contributed by atoms with E-state index in [1.807, 2.05) is 42.5 Å². The first kappa shape index (κ1) is 13.9. The van der Waals surface area contributed by atoms with Crippen LogP contribution >= 0.6 is 0 Å². The lowest BCUT2D eigenvalue weighted by atomic mass is 10.1. The molecule has 4 heteroatoms. The minimum absolute atomic E-state index is 0.0613. The maximum atomic E-state index is 11.9. The Morgan fingerprint density at radius 1 is 1.10 bits per heavy atom. The van der Waals surface area contributed by atoms with Gasteiger partial charge in [-0.25, -0.2) is 0 Å². The number of carbonyl (C=O) groups excluding carboxylic acids is 1. The third-order valence-electron chi connectivity index (χ3n) is 3.07. The zero-order valence-corrected chi connectivity index (χ0v) is 11.4. The van der Waals surface area contributed by atoms with Crippen LogP contribution in [0.1, 0.15) is 11.1 Å². The Bertz CT molecular complexity index is 597. The number of methoxy groups -OCH3 is 1. The standard InChI is InChI=1S/C16H18N2O2/c1-20-15-9-5-3-7-13(15)11-18-16(19)10-12-6-2-4-8-14(12)17/h2-9H,10-11,17H2,1H3,(H,18,19). The van der Waals surface area contributed by atoms with Gasteiger partial charge in [-0.1, -0.05) is 36.4 Å². The van der Waals surface area contributed by atoms with Crippen molar-refractivity contribution < 1.29 is 9.53 Å². The van der Waals surface area contributed by atoms with Crippen LogP contribution in [0.4, 0.5) is 5.69 Å². The Morgan fingerprint density at radius 3 is 2.45 bits per heavy atom. The number of nitrogens with one attached hydrogen (secondary N) is 1. The van der Waals surface area contributed by atoms with Crippen LogP contribution in [0.3, 0.4) is 0 Å². The molecule has 2 aromatic rings. The monoisotopic (exact) mass is 270 g/mol. The second-order valence-electron chi connectivity index (χ2n) is 4.46. The first-order valence-corrected chi connectivity index (χ1v) is 6.42. The van der Waals surface area contributed by atoms with Gasteiger partial charge in [0.2, 0.25) is 5.91 Å². The van der Waals surface area contributed by atoms with Crippen molar-refractivity contribution in [2.45, 2.75) is 13.0 Å². The molecule has 0 saturated carbocycles. The molecule has 2 rings (SSSR count). The molecule has 0 aromatic heterocycles. The Kier molecular flexibility index (Phi) is 4.60. The van der Waals surface area contributed by atoms with Crippen molar-refractivity contribution >= 4 is 11.6 Å². The molecule has 20 heavy (non-hydrogen) atoms. The highest BCUT2D eigenvalue weighted by Crippen LogP contribution is 2.17. The normalized spacial score (nSPS) is 10.1. The number of nitrogen functional groups attached to an aromatic ring is 1. The average Bonchev–Trinajstić information content (AvgIpc) is 2.48. The first-order chi connectivity index (χ1) is 9.70. The number of rotatable bonds is 5. The lowest BCUT2D eigenvalue weighted by molar-refractivity contribution is -0.120. The Balaban J connectivity index is 1.94. The van der Waals surface area contributed by atoms with Crippen LogP contribution in [0.15, 0.2) is 48.5 Å². The number of amides is 1. The lowest BCUT2D eigenvalue weighted by Crippen LogP contribution is -2.25. The summed E-state index contributed by atoms with van der Waals surface area (Å²) in [6.07, 6.45) is 0.280. The van der Waals surface area contributed by atoms with Crippen molar-refractivity contribution in [3.8, 4) is 5.75 Å². The van der Waals surface area contributed by atoms with Crippen LogP contribution < -0.4 is 15.8 Å². The van der Waals surface area contributed by atoms with Gasteiger partial charge < -0.3 is 15.8 Å². The Morgan fingerprint density at radius 2 is 1.75 bits per heavy atom. The van der Waals surface area contributed by atoms with Gasteiger partial charge in [0, 0.05) is 17.8 Å². The molecule has 0 heterocycles. The smallest absolute Gasteiger partial charge is 0.224 e. The Hall–Kier alpha value is -2.49. The van der Waals surface area contributed by atoms with Crippen molar-refractivity contribution in [3.63, 3.8) is 0 Å². The molecule has 0 radical (unpaired) electrons. The predicted molar refractivity (Wildman–Crippen MR) is 79.4 cm³/mol. The van der Waals surface area contributed by atoms with E-state index in [1.54, 1.807) is 13.2 Å². The minimum atomic E-state index is -0.0613. The van der Waals surface area contributed by atoms with E-state index in [-0.39, 0.29) is 12.3 Å². The maximum Gasteiger partial charge on any atom is 0.224 e. The number of ether oxygens (including phenoxy) is 1. The molecular formula is C16H18N2O2. The molecule has 0 saturated heterocycles. The van der Waals surface area contributed by atoms with Crippen LogP contribution in [-0.2, 0) is 17.8 Å². The van der Waals surface area contributed by atoms with Crippen molar-refractivity contribution in [2.24, 2.45) is 0 Å². The number of benzene rings is 2. The van der Waals surface area contributed by atoms with Crippen LogP contribution in [-0.4, -0.2) is 13.0 Å². The third kappa shape index (κ3) is 3.51. The van der Waals surface area contributed by atoms with Gasteiger partial charge in [-0.15, -0.1) is 0 Å². The molecule has 3 N–H and O–H groups in total. The average molecular weight is 270 g/mol. The molecule has 0 atom stereocenters. The summed E-state index contributed by atoms with van der Waals surface area (Å²) in [5.41, 5.74) is 8.25. The highest BCUT2D eigenvalue weighted by molar-refractivity contribution is 5.80. The van der Waals surface area contributed by atoms with Gasteiger partial charge in [0.25, 0.3) is 0 Å². The molecule has 0 fully saturated rings. The van der Waals surface area contributed by atoms with Crippen molar-refractivity contribution in [1.82, 2.24) is 5.32 Å². The number of anilines is 1. The highest BCUT2D eigenvalue weighted by atomic mass is 16.5. The third-order valence-corrected chi connectivity index (χ3v) is 3.07. The van der Waals surface area contributed by atoms with Crippen LogP contribution in [0.5, 0.6) is 5.75 Å². The van der Waals surface area contributed by atoms with Crippen LogP contribution in [0.25, 0.3) is 0 Å². The van der Waals surface area contributed by atoms with Gasteiger partial charge in [0.1, 0.15) is 5.75 Å². The van der Waals surface area contributed by atoms with Crippen molar-refractivity contribution in [1.29, 1.82) is 0 Å². The molecule has 0 unspecified atom stereocenters. The van der Waals surface area contributed by atoms with Gasteiger partial charge in [-0.05, 0) is 17.7 Å². The fourth-order valence-electron chi connectivity index (χ4n) is 1.97. The van der Waals surface area contributed by atoms with E-state index >= 15 is 0 Å². The molecule has 1 amide bonds.